The van der Waals surface area contributed by atoms with Crippen molar-refractivity contribution in [1.29, 1.82) is 0 Å². The topological polar surface area (TPSA) is 64.4 Å². The molecular formula is C11H12N2O3. The number of ether oxygens (including phenoxy) is 1. The number of nitro groups is 1. The van der Waals surface area contributed by atoms with Crippen LogP contribution in [0, 0.1) is 22.0 Å². The molecule has 16 heavy (non-hydrogen) atoms. The standard InChI is InChI=1S/C11H12N2O3/c1-12-8-4-5-9-10(13(14)15)6-3-7-11(9)16-2/h3,6-7,12H,8H2,1-2H3. The largest absolute Gasteiger partial charge is 0.495 e. The zero-order chi connectivity index (χ0) is 12.0. The van der Waals surface area contributed by atoms with E-state index in [2.05, 4.69) is 17.2 Å². The third-order valence-corrected chi connectivity index (χ3v) is 1.90. The van der Waals surface area contributed by atoms with Crippen molar-refractivity contribution in [2.75, 3.05) is 20.7 Å². The van der Waals surface area contributed by atoms with Gasteiger partial charge in [-0.05, 0) is 13.1 Å². The Labute approximate surface area is 93.6 Å². The summed E-state index contributed by atoms with van der Waals surface area (Å²) in [7, 11) is 3.22. The van der Waals surface area contributed by atoms with E-state index in [0.717, 1.165) is 0 Å². The molecule has 0 radical (unpaired) electrons. The third kappa shape index (κ3) is 2.72. The van der Waals surface area contributed by atoms with E-state index in [1.807, 2.05) is 0 Å². The molecule has 0 aromatic heterocycles. The number of hydrogen-bond acceptors (Lipinski definition) is 4. The van der Waals surface area contributed by atoms with Crippen LogP contribution in [0.3, 0.4) is 0 Å². The van der Waals surface area contributed by atoms with E-state index in [-0.39, 0.29) is 5.69 Å². The van der Waals surface area contributed by atoms with E-state index in [1.54, 1.807) is 19.2 Å². The van der Waals surface area contributed by atoms with Crippen LogP contribution in [0.4, 0.5) is 5.69 Å². The van der Waals surface area contributed by atoms with Gasteiger partial charge in [0.25, 0.3) is 5.69 Å². The summed E-state index contributed by atoms with van der Waals surface area (Å²) in [4.78, 5) is 10.3. The highest BCUT2D eigenvalue weighted by Gasteiger charge is 2.15. The lowest BCUT2D eigenvalue weighted by Crippen LogP contribution is -2.04. The van der Waals surface area contributed by atoms with Crippen LogP contribution in [0.15, 0.2) is 18.2 Å². The highest BCUT2D eigenvalue weighted by molar-refractivity contribution is 5.58. The van der Waals surface area contributed by atoms with E-state index < -0.39 is 4.92 Å². The van der Waals surface area contributed by atoms with Gasteiger partial charge in [-0.3, -0.25) is 10.1 Å². The van der Waals surface area contributed by atoms with Crippen LogP contribution < -0.4 is 10.1 Å². The first-order chi connectivity index (χ1) is 7.70. The maximum atomic E-state index is 10.8. The Morgan fingerprint density at radius 3 is 2.88 bits per heavy atom. The highest BCUT2D eigenvalue weighted by atomic mass is 16.6. The Kier molecular flexibility index (Phi) is 4.30. The summed E-state index contributed by atoms with van der Waals surface area (Å²) >= 11 is 0. The Morgan fingerprint density at radius 1 is 1.56 bits per heavy atom. The van der Waals surface area contributed by atoms with E-state index in [1.165, 1.54) is 13.2 Å². The molecule has 0 bridgehead atoms. The predicted molar refractivity (Wildman–Crippen MR) is 60.5 cm³/mol. The summed E-state index contributed by atoms with van der Waals surface area (Å²) in [5, 5.41) is 13.6. The Bertz CT molecular complexity index is 446. The number of rotatable bonds is 3. The SMILES string of the molecule is CNCC#Cc1c(OC)cccc1[N+](=O)[O-]. The fourth-order valence-electron chi connectivity index (χ4n) is 1.19. The third-order valence-electron chi connectivity index (χ3n) is 1.90. The lowest BCUT2D eigenvalue weighted by Gasteiger charge is -2.02. The summed E-state index contributed by atoms with van der Waals surface area (Å²) in [6, 6.07) is 4.63. The average Bonchev–Trinajstić information content (AvgIpc) is 2.29. The number of nitrogens with zero attached hydrogens (tertiary/aromatic N) is 1. The zero-order valence-corrected chi connectivity index (χ0v) is 9.11. The molecule has 5 heteroatoms. The van der Waals surface area contributed by atoms with Crippen LogP contribution >= 0.6 is 0 Å². The number of methoxy groups -OCH3 is 1. The van der Waals surface area contributed by atoms with Crippen LogP contribution in [-0.2, 0) is 0 Å². The van der Waals surface area contributed by atoms with Gasteiger partial charge in [0.1, 0.15) is 11.3 Å². The molecule has 0 aliphatic rings. The Hall–Kier alpha value is -2.06. The molecule has 0 atom stereocenters. The summed E-state index contributed by atoms with van der Waals surface area (Å²) < 4.78 is 5.04. The van der Waals surface area contributed by atoms with Crippen molar-refractivity contribution >= 4 is 5.69 Å². The van der Waals surface area contributed by atoms with Gasteiger partial charge in [-0.1, -0.05) is 17.9 Å². The molecule has 0 fully saturated rings. The van der Waals surface area contributed by atoms with Gasteiger partial charge in [0.15, 0.2) is 0 Å². The molecule has 1 aromatic rings. The Balaban J connectivity index is 3.21. The maximum Gasteiger partial charge on any atom is 0.288 e. The van der Waals surface area contributed by atoms with Crippen LogP contribution in [0.1, 0.15) is 5.56 Å². The lowest BCUT2D eigenvalue weighted by molar-refractivity contribution is -0.385. The van der Waals surface area contributed by atoms with Crippen molar-refractivity contribution in [2.45, 2.75) is 0 Å². The molecule has 0 saturated heterocycles. The van der Waals surface area contributed by atoms with Gasteiger partial charge in [-0.25, -0.2) is 0 Å². The fourth-order valence-corrected chi connectivity index (χ4v) is 1.19. The van der Waals surface area contributed by atoms with Gasteiger partial charge in [0.2, 0.25) is 0 Å². The minimum Gasteiger partial charge on any atom is -0.495 e. The van der Waals surface area contributed by atoms with E-state index >= 15 is 0 Å². The van der Waals surface area contributed by atoms with Crippen molar-refractivity contribution < 1.29 is 9.66 Å². The predicted octanol–water partition coefficient (Wildman–Crippen LogP) is 1.17. The first kappa shape index (κ1) is 12.0. The molecular weight excluding hydrogens is 208 g/mol. The molecule has 1 N–H and O–H groups in total. The number of hydrogen-bond donors (Lipinski definition) is 1. The Morgan fingerprint density at radius 2 is 2.31 bits per heavy atom. The van der Waals surface area contributed by atoms with E-state index in [0.29, 0.717) is 17.9 Å². The van der Waals surface area contributed by atoms with Crippen LogP contribution in [0.2, 0.25) is 0 Å². The second-order valence-electron chi connectivity index (χ2n) is 2.94. The van der Waals surface area contributed by atoms with Crippen LogP contribution in [0.5, 0.6) is 5.75 Å². The first-order valence-corrected chi connectivity index (χ1v) is 4.65. The van der Waals surface area contributed by atoms with Crippen molar-refractivity contribution in [2.24, 2.45) is 0 Å². The molecule has 0 spiro atoms. The molecule has 0 aliphatic heterocycles. The number of nitro benzene ring substituents is 1. The van der Waals surface area contributed by atoms with Crippen molar-refractivity contribution in [3.05, 3.63) is 33.9 Å². The summed E-state index contributed by atoms with van der Waals surface area (Å²) in [5.74, 6) is 5.93. The molecule has 0 unspecified atom stereocenters. The van der Waals surface area contributed by atoms with Gasteiger partial charge in [-0.15, -0.1) is 0 Å². The second-order valence-corrected chi connectivity index (χ2v) is 2.94. The molecule has 0 saturated carbocycles. The number of nitrogens with one attached hydrogen (secondary N) is 1. The normalized spacial score (nSPS) is 9.12. The number of benzene rings is 1. The zero-order valence-electron chi connectivity index (χ0n) is 9.11. The van der Waals surface area contributed by atoms with E-state index in [4.69, 9.17) is 4.74 Å². The average molecular weight is 220 g/mol. The van der Waals surface area contributed by atoms with Gasteiger partial charge in [0.05, 0.1) is 18.6 Å². The molecule has 0 aliphatic carbocycles. The molecule has 0 amide bonds. The lowest BCUT2D eigenvalue weighted by atomic mass is 10.1. The highest BCUT2D eigenvalue weighted by Crippen LogP contribution is 2.26. The van der Waals surface area contributed by atoms with Gasteiger partial charge in [-0.2, -0.15) is 0 Å². The van der Waals surface area contributed by atoms with Crippen LogP contribution in [-0.4, -0.2) is 25.6 Å². The van der Waals surface area contributed by atoms with Gasteiger partial charge < -0.3 is 10.1 Å². The second kappa shape index (κ2) is 5.73. The summed E-state index contributed by atoms with van der Waals surface area (Å²) in [6.45, 7) is 0.467. The quantitative estimate of drug-likeness (QED) is 0.472. The van der Waals surface area contributed by atoms with Crippen molar-refractivity contribution in [3.8, 4) is 17.6 Å². The molecule has 0 heterocycles. The molecule has 5 nitrogen and oxygen atoms in total. The smallest absolute Gasteiger partial charge is 0.288 e. The van der Waals surface area contributed by atoms with Gasteiger partial charge >= 0.3 is 0 Å². The molecule has 1 rings (SSSR count). The van der Waals surface area contributed by atoms with Crippen molar-refractivity contribution in [3.63, 3.8) is 0 Å². The maximum absolute atomic E-state index is 10.8. The van der Waals surface area contributed by atoms with Gasteiger partial charge in [0, 0.05) is 6.07 Å². The molecule has 84 valence electrons. The first-order valence-electron chi connectivity index (χ1n) is 4.65. The molecule has 1 aromatic carbocycles. The summed E-state index contributed by atoms with van der Waals surface area (Å²) in [5.41, 5.74) is 0.271. The monoisotopic (exact) mass is 220 g/mol. The summed E-state index contributed by atoms with van der Waals surface area (Å²) in [6.07, 6.45) is 0. The van der Waals surface area contributed by atoms with E-state index in [9.17, 15) is 10.1 Å². The fraction of sp³-hybridized carbons (Fsp3) is 0.273. The van der Waals surface area contributed by atoms with Crippen LogP contribution in [0.25, 0.3) is 0 Å². The van der Waals surface area contributed by atoms with Crippen molar-refractivity contribution in [1.82, 2.24) is 5.32 Å². The minimum absolute atomic E-state index is 0.0389. The minimum atomic E-state index is -0.466.